The third-order valence-corrected chi connectivity index (χ3v) is 2.27. The highest BCUT2D eigenvalue weighted by Gasteiger charge is 2.12. The van der Waals surface area contributed by atoms with Gasteiger partial charge in [-0.1, -0.05) is 0 Å². The molecule has 1 aliphatic heterocycles. The quantitative estimate of drug-likeness (QED) is 0.492. The predicted molar refractivity (Wildman–Crippen MR) is 31.0 cm³/mol. The van der Waals surface area contributed by atoms with Crippen LogP contribution in [0.5, 0.6) is 0 Å². The van der Waals surface area contributed by atoms with E-state index >= 15 is 0 Å². The molecule has 40 valence electrons. The third kappa shape index (κ3) is 1.33. The molecule has 7 heavy (non-hydrogen) atoms. The van der Waals surface area contributed by atoms with Gasteiger partial charge in [0.15, 0.2) is 0 Å². The van der Waals surface area contributed by atoms with Crippen molar-refractivity contribution in [2.45, 2.75) is 12.5 Å². The van der Waals surface area contributed by atoms with Crippen LogP contribution in [0.3, 0.4) is 0 Å². The lowest BCUT2D eigenvalue weighted by atomic mass is 10.3. The smallest absolute Gasteiger partial charge is 0.0343 e. The van der Waals surface area contributed by atoms with Crippen LogP contribution in [-0.2, 0) is 0 Å². The van der Waals surface area contributed by atoms with E-state index < -0.39 is 0 Å². The van der Waals surface area contributed by atoms with Gasteiger partial charge in [-0.05, 0) is 18.0 Å². The Morgan fingerprint density at radius 3 is 2.86 bits per heavy atom. The van der Waals surface area contributed by atoms with Crippen LogP contribution in [0.1, 0.15) is 6.42 Å². The van der Waals surface area contributed by atoms with E-state index in [1.165, 1.54) is 5.75 Å². The lowest BCUT2D eigenvalue weighted by Crippen LogP contribution is -2.26. The summed E-state index contributed by atoms with van der Waals surface area (Å²) >= 11 is 1.88. The van der Waals surface area contributed by atoms with Crippen molar-refractivity contribution in [3.63, 3.8) is 0 Å². The fourth-order valence-electron chi connectivity index (χ4n) is 0.636. The van der Waals surface area contributed by atoms with Crippen LogP contribution in [-0.4, -0.2) is 17.5 Å². The van der Waals surface area contributed by atoms with E-state index in [0.717, 1.165) is 12.2 Å². The fraction of sp³-hybridized carbons (Fsp3) is 1.00. The van der Waals surface area contributed by atoms with Crippen molar-refractivity contribution in [3.8, 4) is 0 Å². The van der Waals surface area contributed by atoms with Gasteiger partial charge in [0.1, 0.15) is 0 Å². The molecule has 0 saturated carbocycles. The Morgan fingerprint density at radius 1 is 1.71 bits per heavy atom. The van der Waals surface area contributed by atoms with Crippen molar-refractivity contribution in [2.75, 3.05) is 11.5 Å². The van der Waals surface area contributed by atoms with Gasteiger partial charge in [-0.2, -0.15) is 11.8 Å². The Balaban J connectivity index is 2.14. The van der Waals surface area contributed by atoms with Gasteiger partial charge < -0.3 is 0 Å². The zero-order valence-electron chi connectivity index (χ0n) is 4.05. The zero-order chi connectivity index (χ0) is 5.11. The summed E-state index contributed by atoms with van der Waals surface area (Å²) in [4.78, 5) is 0. The molecular weight excluding hydrogens is 108 g/mol. The molecule has 0 amide bonds. The molecular formula is C4H8N2S. The second kappa shape index (κ2) is 2.55. The van der Waals surface area contributed by atoms with Crippen LogP contribution in [0.2, 0.25) is 0 Å². The van der Waals surface area contributed by atoms with Gasteiger partial charge in [-0.15, -0.1) is 0 Å². The van der Waals surface area contributed by atoms with E-state index in [1.54, 1.807) is 0 Å². The molecule has 0 aliphatic carbocycles. The first-order chi connectivity index (χ1) is 3.43. The first-order valence-electron chi connectivity index (χ1n) is 2.41. The summed E-state index contributed by atoms with van der Waals surface area (Å²) in [6.45, 7) is 0. The highest BCUT2D eigenvalue weighted by atomic mass is 32.2. The van der Waals surface area contributed by atoms with Crippen LogP contribution in [0.15, 0.2) is 0 Å². The molecule has 0 bridgehead atoms. The topological polar surface area (TPSA) is 34.3 Å². The molecule has 1 unspecified atom stereocenters. The van der Waals surface area contributed by atoms with Gasteiger partial charge in [-0.3, -0.25) is 0 Å². The molecule has 1 atom stereocenters. The van der Waals surface area contributed by atoms with E-state index in [2.05, 4.69) is 5.43 Å². The molecule has 1 rings (SSSR count). The Morgan fingerprint density at radius 2 is 2.57 bits per heavy atom. The highest BCUT2D eigenvalue weighted by molar-refractivity contribution is 7.99. The van der Waals surface area contributed by atoms with E-state index in [-0.39, 0.29) is 0 Å². The van der Waals surface area contributed by atoms with Crippen molar-refractivity contribution in [1.82, 2.24) is 11.3 Å². The maximum Gasteiger partial charge on any atom is 0.0343 e. The van der Waals surface area contributed by atoms with Gasteiger partial charge in [0.05, 0.1) is 0 Å². The minimum atomic E-state index is 0.366. The van der Waals surface area contributed by atoms with E-state index in [1.807, 2.05) is 11.8 Å². The standard InChI is InChI=1S/C4H8N2S/c5-6-4-1-2-7-3-4/h4,6H,1-3H2. The first kappa shape index (κ1) is 5.41. The minimum absolute atomic E-state index is 0.366. The molecule has 1 fully saturated rings. The Hall–Kier alpha value is 0.270. The molecule has 1 saturated heterocycles. The molecule has 1 aliphatic rings. The number of hydrogen-bond acceptors (Lipinski definition) is 2. The van der Waals surface area contributed by atoms with Crippen LogP contribution in [0.4, 0.5) is 0 Å². The monoisotopic (exact) mass is 116 g/mol. The number of nitrogens with zero attached hydrogens (tertiary/aromatic N) is 1. The maximum absolute atomic E-state index is 8.30. The van der Waals surface area contributed by atoms with Crippen LogP contribution >= 0.6 is 11.8 Å². The van der Waals surface area contributed by atoms with E-state index in [0.29, 0.717) is 6.04 Å². The van der Waals surface area contributed by atoms with E-state index in [4.69, 9.17) is 5.84 Å². The van der Waals surface area contributed by atoms with Gasteiger partial charge in [0, 0.05) is 11.8 Å². The second-order valence-corrected chi connectivity index (χ2v) is 2.84. The van der Waals surface area contributed by atoms with Crippen molar-refractivity contribution in [3.05, 3.63) is 0 Å². The van der Waals surface area contributed by atoms with Crippen molar-refractivity contribution in [1.29, 1.82) is 0 Å². The fourth-order valence-corrected chi connectivity index (χ4v) is 1.78. The first-order valence-corrected chi connectivity index (χ1v) is 3.56. The third-order valence-electron chi connectivity index (χ3n) is 1.11. The summed E-state index contributed by atoms with van der Waals surface area (Å²) in [5.74, 6) is 10.6. The lowest BCUT2D eigenvalue weighted by molar-refractivity contribution is 0.566. The van der Waals surface area contributed by atoms with Gasteiger partial charge in [0.25, 0.3) is 0 Å². The molecule has 3 heteroatoms. The summed E-state index contributed by atoms with van der Waals surface area (Å²) in [5.41, 5.74) is 2.24. The average Bonchev–Trinajstić information content (AvgIpc) is 2.14. The van der Waals surface area contributed by atoms with Crippen LogP contribution in [0.25, 0.3) is 0 Å². The number of thioether (sulfide) groups is 1. The Labute approximate surface area is 47.8 Å². The predicted octanol–water partition coefficient (Wildman–Crippen LogP) is 0.0652. The molecule has 1 N–H and O–H groups in total. The number of rotatable bonds is 1. The summed E-state index contributed by atoms with van der Waals surface area (Å²) in [6, 6.07) is 0.366. The maximum atomic E-state index is 8.30. The Kier molecular flexibility index (Phi) is 1.97. The number of hydrogen-bond donors (Lipinski definition) is 1. The summed E-state index contributed by atoms with van der Waals surface area (Å²) < 4.78 is 0. The molecule has 2 radical (unpaired) electrons. The van der Waals surface area contributed by atoms with Gasteiger partial charge >= 0.3 is 0 Å². The molecule has 0 spiro atoms. The molecule has 0 aromatic carbocycles. The summed E-state index contributed by atoms with van der Waals surface area (Å²) in [7, 11) is 0. The average molecular weight is 116 g/mol. The SMILES string of the molecule is [N]NC1CCSC1. The molecule has 0 aromatic heterocycles. The van der Waals surface area contributed by atoms with Gasteiger partial charge in [-0.25, -0.2) is 5.43 Å². The van der Waals surface area contributed by atoms with E-state index in [9.17, 15) is 0 Å². The molecule has 0 aromatic rings. The highest BCUT2D eigenvalue weighted by Crippen LogP contribution is 2.15. The van der Waals surface area contributed by atoms with Crippen molar-refractivity contribution >= 4 is 11.8 Å². The normalized spacial score (nSPS) is 31.3. The zero-order valence-corrected chi connectivity index (χ0v) is 4.87. The molecule has 1 heterocycles. The van der Waals surface area contributed by atoms with Crippen molar-refractivity contribution in [2.24, 2.45) is 0 Å². The lowest BCUT2D eigenvalue weighted by Gasteiger charge is -1.99. The minimum Gasteiger partial charge on any atom is -0.218 e. The van der Waals surface area contributed by atoms with Crippen molar-refractivity contribution < 1.29 is 0 Å². The molecule has 2 nitrogen and oxygen atoms in total. The Bertz CT molecular complexity index is 51.7. The van der Waals surface area contributed by atoms with Crippen LogP contribution in [0, 0.1) is 0 Å². The second-order valence-electron chi connectivity index (χ2n) is 1.69. The summed E-state index contributed by atoms with van der Waals surface area (Å²) in [5, 5.41) is 0. The number of nitrogens with one attached hydrogen (secondary N) is 1. The summed E-state index contributed by atoms with van der Waals surface area (Å²) in [6.07, 6.45) is 1.11. The van der Waals surface area contributed by atoms with Gasteiger partial charge in [0.2, 0.25) is 0 Å². The largest absolute Gasteiger partial charge is 0.218 e. The van der Waals surface area contributed by atoms with Crippen LogP contribution < -0.4 is 11.3 Å².